The van der Waals surface area contributed by atoms with Crippen LogP contribution in [0.3, 0.4) is 0 Å². The van der Waals surface area contributed by atoms with Crippen LogP contribution in [0.2, 0.25) is 0 Å². The van der Waals surface area contributed by atoms with Crippen molar-refractivity contribution in [2.45, 2.75) is 46.0 Å². The zero-order valence-corrected chi connectivity index (χ0v) is 20.9. The van der Waals surface area contributed by atoms with Gasteiger partial charge in [-0.05, 0) is 62.9 Å². The van der Waals surface area contributed by atoms with Crippen molar-refractivity contribution in [3.63, 3.8) is 0 Å². The fourth-order valence-electron chi connectivity index (χ4n) is 4.38. The Labute approximate surface area is 207 Å². The Kier molecular flexibility index (Phi) is 8.95. The molecule has 0 unspecified atom stereocenters. The highest BCUT2D eigenvalue weighted by molar-refractivity contribution is 5.79. The van der Waals surface area contributed by atoms with E-state index in [9.17, 15) is 4.79 Å². The van der Waals surface area contributed by atoms with Crippen molar-refractivity contribution in [2.24, 2.45) is 5.92 Å². The van der Waals surface area contributed by atoms with E-state index in [2.05, 4.69) is 40.3 Å². The highest BCUT2D eigenvalue weighted by Crippen LogP contribution is 2.29. The number of hydrogen-bond acceptors (Lipinski definition) is 6. The van der Waals surface area contributed by atoms with Gasteiger partial charge in [0.1, 0.15) is 11.3 Å². The van der Waals surface area contributed by atoms with Crippen molar-refractivity contribution in [3.8, 4) is 17.0 Å². The molecule has 3 heterocycles. The Morgan fingerprint density at radius 3 is 2.66 bits per heavy atom. The molecule has 0 bridgehead atoms. The van der Waals surface area contributed by atoms with Crippen LogP contribution >= 0.6 is 0 Å². The Morgan fingerprint density at radius 1 is 1.11 bits per heavy atom. The number of fused-ring (bicyclic) bond motifs is 1. The van der Waals surface area contributed by atoms with E-state index in [1.165, 1.54) is 0 Å². The van der Waals surface area contributed by atoms with Crippen LogP contribution in [0, 0.1) is 5.92 Å². The van der Waals surface area contributed by atoms with Crippen molar-refractivity contribution in [2.75, 3.05) is 44.4 Å². The largest absolute Gasteiger partial charge is 0.494 e. The number of unbranched alkanes of at least 4 members (excludes halogenated alkanes) is 1. The summed E-state index contributed by atoms with van der Waals surface area (Å²) in [7, 11) is 0. The molecule has 35 heavy (non-hydrogen) atoms. The van der Waals surface area contributed by atoms with Gasteiger partial charge in [0.05, 0.1) is 12.3 Å². The quantitative estimate of drug-likeness (QED) is 0.390. The van der Waals surface area contributed by atoms with Crippen LogP contribution in [0.25, 0.3) is 16.8 Å². The predicted octanol–water partition coefficient (Wildman–Crippen LogP) is 4.33. The molecular formula is C27H37N5O3. The zero-order valence-electron chi connectivity index (χ0n) is 20.9. The van der Waals surface area contributed by atoms with E-state index in [1.807, 2.05) is 29.8 Å². The number of anilines is 1. The molecule has 1 amide bonds. The second kappa shape index (κ2) is 12.5. The van der Waals surface area contributed by atoms with Gasteiger partial charge in [-0.1, -0.05) is 13.3 Å². The summed E-state index contributed by atoms with van der Waals surface area (Å²) in [5, 5.41) is 7.84. The molecule has 0 atom stereocenters. The average Bonchev–Trinajstić information content (AvgIpc) is 3.34. The zero-order chi connectivity index (χ0) is 24.5. The molecule has 1 aromatic carbocycles. The molecule has 1 saturated heterocycles. The lowest BCUT2D eigenvalue weighted by atomic mass is 9.96. The van der Waals surface area contributed by atoms with Gasteiger partial charge in [-0.2, -0.15) is 5.10 Å². The fraction of sp³-hybridized carbons (Fsp3) is 0.519. The van der Waals surface area contributed by atoms with Crippen LogP contribution in [-0.2, 0) is 9.53 Å². The molecular weight excluding hydrogens is 442 g/mol. The van der Waals surface area contributed by atoms with Crippen molar-refractivity contribution in [3.05, 3.63) is 42.7 Å². The molecule has 1 N–H and O–H groups in total. The van der Waals surface area contributed by atoms with E-state index in [0.29, 0.717) is 19.8 Å². The number of aromatic nitrogens is 3. The molecule has 2 aromatic heterocycles. The van der Waals surface area contributed by atoms with Gasteiger partial charge < -0.3 is 19.7 Å². The molecule has 8 heteroatoms. The number of amides is 1. The summed E-state index contributed by atoms with van der Waals surface area (Å²) in [5.41, 5.74) is 2.92. The van der Waals surface area contributed by atoms with Crippen molar-refractivity contribution in [1.82, 2.24) is 19.9 Å². The summed E-state index contributed by atoms with van der Waals surface area (Å²) >= 11 is 0. The molecule has 1 aliphatic rings. The van der Waals surface area contributed by atoms with E-state index in [4.69, 9.17) is 14.6 Å². The van der Waals surface area contributed by atoms with Crippen LogP contribution in [0.15, 0.2) is 42.7 Å². The maximum absolute atomic E-state index is 12.5. The summed E-state index contributed by atoms with van der Waals surface area (Å²) in [5.74, 6) is 2.01. The highest BCUT2D eigenvalue weighted by Gasteiger charge is 2.26. The Hall–Kier alpha value is -3.13. The van der Waals surface area contributed by atoms with Crippen LogP contribution < -0.4 is 15.0 Å². The Bertz CT molecular complexity index is 1070. The van der Waals surface area contributed by atoms with Crippen LogP contribution in [0.5, 0.6) is 5.75 Å². The number of benzene rings is 1. The van der Waals surface area contributed by atoms with Crippen molar-refractivity contribution < 1.29 is 14.3 Å². The van der Waals surface area contributed by atoms with E-state index >= 15 is 0 Å². The number of rotatable bonds is 12. The van der Waals surface area contributed by atoms with E-state index in [0.717, 1.165) is 80.1 Å². The van der Waals surface area contributed by atoms with Gasteiger partial charge in [-0.15, -0.1) is 0 Å². The topological polar surface area (TPSA) is 81.0 Å². The molecule has 0 radical (unpaired) electrons. The Morgan fingerprint density at radius 2 is 1.91 bits per heavy atom. The van der Waals surface area contributed by atoms with Crippen LogP contribution in [-0.4, -0.2) is 60.0 Å². The monoisotopic (exact) mass is 479 g/mol. The molecule has 8 nitrogen and oxygen atoms in total. The van der Waals surface area contributed by atoms with Gasteiger partial charge in [0.2, 0.25) is 5.91 Å². The van der Waals surface area contributed by atoms with E-state index in [1.54, 1.807) is 6.20 Å². The molecule has 4 rings (SSSR count). The normalized spacial score (nSPS) is 14.4. The number of ether oxygens (including phenoxy) is 2. The standard InChI is InChI=1S/C27H37N5O3/c1-3-5-19-35-23-9-7-21(8-10-23)24-20-25-26(28-14-17-32(25)30-24)31-15-11-22(12-16-31)27(33)29-13-6-18-34-4-2/h7-10,14,17,20,22H,3-6,11-13,15-16,18-19H2,1-2H3,(H,29,33). The van der Waals surface area contributed by atoms with Gasteiger partial charge in [-0.25, -0.2) is 9.50 Å². The van der Waals surface area contributed by atoms with E-state index in [-0.39, 0.29) is 11.8 Å². The molecule has 0 spiro atoms. The third kappa shape index (κ3) is 6.51. The lowest BCUT2D eigenvalue weighted by Gasteiger charge is -2.32. The number of piperidine rings is 1. The summed E-state index contributed by atoms with van der Waals surface area (Å²) in [4.78, 5) is 19.5. The number of carbonyl (C=O) groups is 1. The minimum atomic E-state index is 0.0524. The summed E-state index contributed by atoms with van der Waals surface area (Å²) < 4.78 is 13.0. The predicted molar refractivity (Wildman–Crippen MR) is 138 cm³/mol. The highest BCUT2D eigenvalue weighted by atomic mass is 16.5. The SMILES string of the molecule is CCCCOc1ccc(-c2cc3c(N4CCC(C(=O)NCCCOCC)CC4)nccn3n2)cc1. The molecule has 188 valence electrons. The molecule has 0 aliphatic carbocycles. The lowest BCUT2D eigenvalue weighted by Crippen LogP contribution is -2.41. The third-order valence-electron chi connectivity index (χ3n) is 6.42. The van der Waals surface area contributed by atoms with Crippen molar-refractivity contribution in [1.29, 1.82) is 0 Å². The number of nitrogens with one attached hydrogen (secondary N) is 1. The number of nitrogens with zero attached hydrogens (tertiary/aromatic N) is 4. The first-order valence-corrected chi connectivity index (χ1v) is 12.9. The minimum Gasteiger partial charge on any atom is -0.494 e. The van der Waals surface area contributed by atoms with Gasteiger partial charge >= 0.3 is 0 Å². The maximum atomic E-state index is 12.5. The second-order valence-electron chi connectivity index (χ2n) is 8.94. The van der Waals surface area contributed by atoms with Crippen LogP contribution in [0.4, 0.5) is 5.82 Å². The lowest BCUT2D eigenvalue weighted by molar-refractivity contribution is -0.125. The molecule has 1 aliphatic heterocycles. The number of carbonyl (C=O) groups excluding carboxylic acids is 1. The average molecular weight is 480 g/mol. The van der Waals surface area contributed by atoms with Gasteiger partial charge in [0, 0.05) is 56.7 Å². The Balaban J connectivity index is 1.37. The van der Waals surface area contributed by atoms with Gasteiger partial charge in [0.25, 0.3) is 0 Å². The maximum Gasteiger partial charge on any atom is 0.223 e. The number of hydrogen-bond donors (Lipinski definition) is 1. The smallest absolute Gasteiger partial charge is 0.223 e. The fourth-order valence-corrected chi connectivity index (χ4v) is 4.38. The second-order valence-corrected chi connectivity index (χ2v) is 8.94. The third-order valence-corrected chi connectivity index (χ3v) is 6.42. The minimum absolute atomic E-state index is 0.0524. The molecule has 0 saturated carbocycles. The van der Waals surface area contributed by atoms with Gasteiger partial charge in [0.15, 0.2) is 5.82 Å². The van der Waals surface area contributed by atoms with Crippen molar-refractivity contribution >= 4 is 17.2 Å². The summed E-state index contributed by atoms with van der Waals surface area (Å²) in [6.45, 7) is 8.55. The first kappa shape index (κ1) is 25.0. The summed E-state index contributed by atoms with van der Waals surface area (Å²) in [6.07, 6.45) is 8.34. The first-order valence-electron chi connectivity index (χ1n) is 12.9. The molecule has 3 aromatic rings. The summed E-state index contributed by atoms with van der Waals surface area (Å²) in [6, 6.07) is 10.2. The van der Waals surface area contributed by atoms with E-state index < -0.39 is 0 Å². The first-order chi connectivity index (χ1) is 17.2. The molecule has 1 fully saturated rings. The van der Waals surface area contributed by atoms with Crippen LogP contribution in [0.1, 0.15) is 46.0 Å². The van der Waals surface area contributed by atoms with Gasteiger partial charge in [-0.3, -0.25) is 4.79 Å².